The van der Waals surface area contributed by atoms with Crippen molar-refractivity contribution in [2.75, 3.05) is 6.54 Å². The monoisotopic (exact) mass is 286 g/mol. The summed E-state index contributed by atoms with van der Waals surface area (Å²) in [5.41, 5.74) is 1.89. The highest BCUT2D eigenvalue weighted by Crippen LogP contribution is 2.23. The van der Waals surface area contributed by atoms with Crippen LogP contribution in [0.1, 0.15) is 25.0 Å². The lowest BCUT2D eigenvalue weighted by Crippen LogP contribution is -2.19. The zero-order chi connectivity index (χ0) is 15.1. The maximum atomic E-state index is 9.04. The van der Waals surface area contributed by atoms with Crippen molar-refractivity contribution in [3.8, 4) is 11.6 Å². The van der Waals surface area contributed by atoms with Crippen LogP contribution >= 0.6 is 0 Å². The van der Waals surface area contributed by atoms with Crippen LogP contribution in [0.4, 0.5) is 0 Å². The van der Waals surface area contributed by atoms with Crippen molar-refractivity contribution < 1.29 is 9.84 Å². The number of nitrogens with zero attached hydrogens (tertiary/aromatic N) is 1. The number of benzene rings is 1. The average molecular weight is 286 g/mol. The summed E-state index contributed by atoms with van der Waals surface area (Å²) in [5, 5.41) is 12.4. The van der Waals surface area contributed by atoms with E-state index in [9.17, 15) is 0 Å². The molecule has 1 aromatic carbocycles. The molecule has 2 rings (SSSR count). The minimum atomic E-state index is 0.0360. The summed E-state index contributed by atoms with van der Waals surface area (Å²) in [7, 11) is 0. The van der Waals surface area contributed by atoms with Gasteiger partial charge in [0.25, 0.3) is 0 Å². The number of aromatic nitrogens is 1. The summed E-state index contributed by atoms with van der Waals surface area (Å²) in [6.45, 7) is 6.08. The predicted octanol–water partition coefficient (Wildman–Crippen LogP) is 3.11. The topological polar surface area (TPSA) is 54.4 Å². The zero-order valence-electron chi connectivity index (χ0n) is 12.5. The number of aliphatic hydroxyl groups excluding tert-OH is 1. The Labute approximate surface area is 125 Å². The fraction of sp³-hybridized carbons (Fsp3) is 0.353. The molecule has 1 aromatic heterocycles. The zero-order valence-corrected chi connectivity index (χ0v) is 12.5. The van der Waals surface area contributed by atoms with Gasteiger partial charge in [-0.1, -0.05) is 32.0 Å². The van der Waals surface area contributed by atoms with Crippen molar-refractivity contribution in [1.82, 2.24) is 10.3 Å². The van der Waals surface area contributed by atoms with Crippen molar-refractivity contribution in [3.63, 3.8) is 0 Å². The smallest absolute Gasteiger partial charge is 0.223 e. The van der Waals surface area contributed by atoms with Gasteiger partial charge in [0, 0.05) is 18.3 Å². The fourth-order valence-electron chi connectivity index (χ4n) is 1.92. The molecule has 4 nitrogen and oxygen atoms in total. The first-order valence-corrected chi connectivity index (χ1v) is 7.21. The summed E-state index contributed by atoms with van der Waals surface area (Å²) in [6.07, 6.45) is 1.73. The van der Waals surface area contributed by atoms with Crippen molar-refractivity contribution in [3.05, 3.63) is 53.7 Å². The molecular formula is C17H22N2O2. The van der Waals surface area contributed by atoms with Gasteiger partial charge in [-0.25, -0.2) is 4.98 Å². The van der Waals surface area contributed by atoms with Gasteiger partial charge in [0.2, 0.25) is 5.88 Å². The van der Waals surface area contributed by atoms with Gasteiger partial charge >= 0.3 is 0 Å². The van der Waals surface area contributed by atoms with E-state index in [0.29, 0.717) is 11.8 Å². The molecule has 112 valence electrons. The van der Waals surface area contributed by atoms with Gasteiger partial charge in [-0.2, -0.15) is 0 Å². The van der Waals surface area contributed by atoms with E-state index >= 15 is 0 Å². The van der Waals surface area contributed by atoms with Gasteiger partial charge in [0.15, 0.2) is 0 Å². The van der Waals surface area contributed by atoms with Gasteiger partial charge < -0.3 is 15.2 Å². The molecule has 0 bridgehead atoms. The van der Waals surface area contributed by atoms with E-state index in [0.717, 1.165) is 30.0 Å². The molecular weight excluding hydrogens is 264 g/mol. The molecule has 0 amide bonds. The Bertz CT molecular complexity index is 553. The molecule has 0 atom stereocenters. The lowest BCUT2D eigenvalue weighted by atomic mass is 10.2. The van der Waals surface area contributed by atoms with Crippen LogP contribution in [-0.2, 0) is 13.2 Å². The third kappa shape index (κ3) is 4.85. The molecule has 21 heavy (non-hydrogen) atoms. The summed E-state index contributed by atoms with van der Waals surface area (Å²) in [6, 6.07) is 11.3. The molecule has 2 N–H and O–H groups in total. The van der Waals surface area contributed by atoms with Crippen LogP contribution in [-0.4, -0.2) is 16.6 Å². The van der Waals surface area contributed by atoms with Gasteiger partial charge in [0.05, 0.1) is 6.61 Å². The standard InChI is InChI=1S/C17H22N2O2/c1-13(2)10-18-11-15-4-3-9-19-17(15)21-16-7-5-14(12-20)6-8-16/h3-9,13,18,20H,10-12H2,1-2H3. The summed E-state index contributed by atoms with van der Waals surface area (Å²) in [4.78, 5) is 4.30. The van der Waals surface area contributed by atoms with Crippen molar-refractivity contribution >= 4 is 0 Å². The third-order valence-corrected chi connectivity index (χ3v) is 3.04. The Hall–Kier alpha value is -1.91. The molecule has 0 spiro atoms. The first kappa shape index (κ1) is 15.5. The quantitative estimate of drug-likeness (QED) is 0.821. The minimum Gasteiger partial charge on any atom is -0.439 e. The van der Waals surface area contributed by atoms with E-state index < -0.39 is 0 Å². The summed E-state index contributed by atoms with van der Waals surface area (Å²) < 4.78 is 5.83. The van der Waals surface area contributed by atoms with Crippen molar-refractivity contribution in [2.24, 2.45) is 5.92 Å². The second-order valence-corrected chi connectivity index (χ2v) is 5.40. The van der Waals surface area contributed by atoms with E-state index in [1.807, 2.05) is 36.4 Å². The summed E-state index contributed by atoms with van der Waals surface area (Å²) in [5.74, 6) is 1.94. The first-order chi connectivity index (χ1) is 10.2. The molecule has 0 radical (unpaired) electrons. The van der Waals surface area contributed by atoms with Crippen molar-refractivity contribution in [2.45, 2.75) is 27.0 Å². The summed E-state index contributed by atoms with van der Waals surface area (Å²) >= 11 is 0. The second-order valence-electron chi connectivity index (χ2n) is 5.40. The SMILES string of the molecule is CC(C)CNCc1cccnc1Oc1ccc(CO)cc1. The maximum absolute atomic E-state index is 9.04. The Morgan fingerprint density at radius 2 is 1.95 bits per heavy atom. The van der Waals surface area contributed by atoms with E-state index in [1.165, 1.54) is 0 Å². The lowest BCUT2D eigenvalue weighted by molar-refractivity contribution is 0.281. The third-order valence-electron chi connectivity index (χ3n) is 3.04. The van der Waals surface area contributed by atoms with Crippen LogP contribution in [0.3, 0.4) is 0 Å². The van der Waals surface area contributed by atoms with Gasteiger partial charge in [-0.05, 0) is 36.2 Å². The number of ether oxygens (including phenoxy) is 1. The van der Waals surface area contributed by atoms with E-state index in [1.54, 1.807) is 6.20 Å². The highest BCUT2D eigenvalue weighted by atomic mass is 16.5. The largest absolute Gasteiger partial charge is 0.439 e. The molecule has 0 saturated heterocycles. The molecule has 0 saturated carbocycles. The molecule has 0 aliphatic rings. The molecule has 0 aliphatic heterocycles. The molecule has 0 unspecified atom stereocenters. The predicted molar refractivity (Wildman–Crippen MR) is 83.2 cm³/mol. The fourth-order valence-corrected chi connectivity index (χ4v) is 1.92. The molecule has 0 fully saturated rings. The second kappa shape index (κ2) is 7.76. The van der Waals surface area contributed by atoms with E-state index in [2.05, 4.69) is 24.1 Å². The molecule has 2 aromatic rings. The number of hydrogen-bond donors (Lipinski definition) is 2. The number of nitrogens with one attached hydrogen (secondary N) is 1. The van der Waals surface area contributed by atoms with Crippen LogP contribution < -0.4 is 10.1 Å². The number of pyridine rings is 1. The first-order valence-electron chi connectivity index (χ1n) is 7.21. The van der Waals surface area contributed by atoms with Gasteiger partial charge in [-0.3, -0.25) is 0 Å². The number of rotatable bonds is 7. The highest BCUT2D eigenvalue weighted by molar-refractivity contribution is 5.33. The van der Waals surface area contributed by atoms with Crippen LogP contribution in [0.5, 0.6) is 11.6 Å². The van der Waals surface area contributed by atoms with Gasteiger partial charge in [0.1, 0.15) is 5.75 Å². The maximum Gasteiger partial charge on any atom is 0.223 e. The number of hydrogen-bond acceptors (Lipinski definition) is 4. The Morgan fingerprint density at radius 3 is 2.62 bits per heavy atom. The van der Waals surface area contributed by atoms with Gasteiger partial charge in [-0.15, -0.1) is 0 Å². The normalized spacial score (nSPS) is 10.9. The van der Waals surface area contributed by atoms with Crippen LogP contribution in [0.25, 0.3) is 0 Å². The number of aliphatic hydroxyl groups is 1. The Balaban J connectivity index is 2.04. The van der Waals surface area contributed by atoms with Crippen LogP contribution in [0.2, 0.25) is 0 Å². The Kier molecular flexibility index (Phi) is 5.72. The van der Waals surface area contributed by atoms with Crippen molar-refractivity contribution in [1.29, 1.82) is 0 Å². The average Bonchev–Trinajstić information content (AvgIpc) is 2.49. The Morgan fingerprint density at radius 1 is 1.19 bits per heavy atom. The lowest BCUT2D eigenvalue weighted by Gasteiger charge is -2.12. The van der Waals surface area contributed by atoms with Crippen LogP contribution in [0.15, 0.2) is 42.6 Å². The highest BCUT2D eigenvalue weighted by Gasteiger charge is 2.06. The van der Waals surface area contributed by atoms with Crippen LogP contribution in [0, 0.1) is 5.92 Å². The minimum absolute atomic E-state index is 0.0360. The molecule has 0 aliphatic carbocycles. The molecule has 4 heteroatoms. The van der Waals surface area contributed by atoms with E-state index in [-0.39, 0.29) is 6.61 Å². The molecule has 1 heterocycles. The van der Waals surface area contributed by atoms with E-state index in [4.69, 9.17) is 9.84 Å².